The summed E-state index contributed by atoms with van der Waals surface area (Å²) in [5, 5.41) is 9.05. The summed E-state index contributed by atoms with van der Waals surface area (Å²) in [5.74, 6) is -3.77. The van der Waals surface area contributed by atoms with E-state index >= 15 is 0 Å². The van der Waals surface area contributed by atoms with Gasteiger partial charge in [-0.3, -0.25) is 19.4 Å². The Balaban J connectivity index is 2.77. The van der Waals surface area contributed by atoms with Crippen LogP contribution >= 0.6 is 11.6 Å². The summed E-state index contributed by atoms with van der Waals surface area (Å²) in [6, 6.07) is 0. The van der Waals surface area contributed by atoms with Gasteiger partial charge in [-0.1, -0.05) is 11.6 Å². The Morgan fingerprint density at radius 2 is 1.94 bits per heavy atom. The quantitative estimate of drug-likeness (QED) is 0.423. The normalized spacial score (nSPS) is 20.4. The number of rotatable bonds is 6. The first-order valence-corrected chi connectivity index (χ1v) is 5.51. The van der Waals surface area contributed by atoms with Gasteiger partial charge in [0.25, 0.3) is 0 Å². The van der Waals surface area contributed by atoms with E-state index in [1.54, 1.807) is 0 Å². The molecule has 3 atom stereocenters. The zero-order chi connectivity index (χ0) is 13.9. The highest BCUT2D eigenvalue weighted by molar-refractivity contribution is 6.38. The topological polar surface area (TPSA) is 102 Å². The lowest BCUT2D eigenvalue weighted by atomic mass is 10.0. The summed E-state index contributed by atoms with van der Waals surface area (Å²) in [6.45, 7) is 1.88. The van der Waals surface area contributed by atoms with Gasteiger partial charge in [-0.05, 0) is 0 Å². The van der Waals surface area contributed by atoms with Crippen LogP contribution in [0.25, 0.3) is 0 Å². The van der Waals surface area contributed by atoms with Crippen LogP contribution in [0.4, 0.5) is 0 Å². The molecule has 100 valence electrons. The molecule has 0 saturated carbocycles. The maximum absolute atomic E-state index is 11.1. The number of aliphatic carboxylic acids is 1. The molecule has 0 aromatic carbocycles. The number of hydrogen-bond donors (Lipinski definition) is 1. The van der Waals surface area contributed by atoms with Crippen molar-refractivity contribution in [1.29, 1.82) is 0 Å². The number of carbonyl (C=O) groups is 3. The highest BCUT2D eigenvalue weighted by atomic mass is 35.5. The van der Waals surface area contributed by atoms with Crippen molar-refractivity contribution in [2.24, 2.45) is 10.9 Å². The standard InChI is InChI=1S/C10H12ClNO6/c1-4(13)17-3-6(10(15)16)8(18-5(2)14)7-9(11)12-7/h6,8-9H,3H2,1-2H3,(H,15,16)/t6-,8-,9?/m1/s1. The van der Waals surface area contributed by atoms with E-state index in [4.69, 9.17) is 21.4 Å². The fraction of sp³-hybridized carbons (Fsp3) is 0.600. The van der Waals surface area contributed by atoms with Crippen molar-refractivity contribution in [1.82, 2.24) is 0 Å². The Kier molecular flexibility index (Phi) is 4.66. The Morgan fingerprint density at radius 3 is 2.28 bits per heavy atom. The first-order valence-electron chi connectivity index (χ1n) is 5.08. The molecule has 7 nitrogen and oxygen atoms in total. The zero-order valence-corrected chi connectivity index (χ0v) is 10.5. The number of aliphatic imine (C=N–C) groups is 1. The summed E-state index contributed by atoms with van der Waals surface area (Å²) in [7, 11) is 0. The summed E-state index contributed by atoms with van der Waals surface area (Å²) < 4.78 is 9.51. The monoisotopic (exact) mass is 277 g/mol. The number of esters is 2. The zero-order valence-electron chi connectivity index (χ0n) is 9.75. The van der Waals surface area contributed by atoms with Gasteiger partial charge in [0.2, 0.25) is 0 Å². The molecule has 1 rings (SSSR count). The lowest BCUT2D eigenvalue weighted by Gasteiger charge is -2.20. The van der Waals surface area contributed by atoms with Crippen molar-refractivity contribution in [3.05, 3.63) is 0 Å². The number of halogens is 1. The molecule has 0 bridgehead atoms. The molecular formula is C10H12ClNO6. The van der Waals surface area contributed by atoms with Crippen LogP contribution in [0.2, 0.25) is 0 Å². The van der Waals surface area contributed by atoms with Crippen molar-refractivity contribution in [3.8, 4) is 0 Å². The molecule has 0 amide bonds. The SMILES string of the molecule is CC(=O)OC[C@@H](C(=O)O)[C@@H](OC(C)=O)C1=NC1Cl. The molecular weight excluding hydrogens is 266 g/mol. The number of carboxylic acids is 1. The van der Waals surface area contributed by atoms with Crippen molar-refractivity contribution in [2.45, 2.75) is 25.5 Å². The van der Waals surface area contributed by atoms with Gasteiger partial charge in [0, 0.05) is 13.8 Å². The highest BCUT2D eigenvalue weighted by Gasteiger charge is 2.43. The number of alkyl halides is 1. The summed E-state index contributed by atoms with van der Waals surface area (Å²) >= 11 is 5.65. The minimum Gasteiger partial charge on any atom is -0.481 e. The third kappa shape index (κ3) is 3.99. The van der Waals surface area contributed by atoms with Gasteiger partial charge in [0.05, 0.1) is 5.71 Å². The van der Waals surface area contributed by atoms with Crippen LogP contribution in [0, 0.1) is 5.92 Å². The second kappa shape index (κ2) is 5.81. The molecule has 1 heterocycles. The van der Waals surface area contributed by atoms with Crippen LogP contribution in [0.5, 0.6) is 0 Å². The summed E-state index contributed by atoms with van der Waals surface area (Å²) in [6.07, 6.45) is -1.11. The van der Waals surface area contributed by atoms with Crippen LogP contribution in [-0.2, 0) is 23.9 Å². The molecule has 0 fully saturated rings. The molecule has 18 heavy (non-hydrogen) atoms. The Labute approximate surface area is 108 Å². The average Bonchev–Trinajstić information content (AvgIpc) is 2.92. The molecule has 1 aliphatic rings. The van der Waals surface area contributed by atoms with Crippen molar-refractivity contribution >= 4 is 35.2 Å². The van der Waals surface area contributed by atoms with Crippen LogP contribution in [0.1, 0.15) is 13.8 Å². The van der Waals surface area contributed by atoms with Crippen LogP contribution in [0.15, 0.2) is 4.99 Å². The molecule has 0 aromatic heterocycles. The summed E-state index contributed by atoms with van der Waals surface area (Å²) in [4.78, 5) is 36.5. The predicted molar refractivity (Wildman–Crippen MR) is 60.4 cm³/mol. The van der Waals surface area contributed by atoms with Gasteiger partial charge in [0.15, 0.2) is 11.6 Å². The molecule has 1 unspecified atom stereocenters. The maximum atomic E-state index is 11.1. The lowest BCUT2D eigenvalue weighted by molar-refractivity contribution is -0.157. The first-order chi connectivity index (χ1) is 8.32. The molecule has 0 aliphatic carbocycles. The second-order valence-electron chi connectivity index (χ2n) is 3.67. The highest BCUT2D eigenvalue weighted by Crippen LogP contribution is 2.26. The predicted octanol–water partition coefficient (Wildman–Crippen LogP) is 0.201. The number of carbonyl (C=O) groups excluding carboxylic acids is 2. The van der Waals surface area contributed by atoms with Gasteiger partial charge >= 0.3 is 17.9 Å². The number of hydrogen-bond acceptors (Lipinski definition) is 6. The van der Waals surface area contributed by atoms with Crippen LogP contribution in [-0.4, -0.2) is 46.9 Å². The van der Waals surface area contributed by atoms with Gasteiger partial charge in [-0.25, -0.2) is 0 Å². The van der Waals surface area contributed by atoms with Gasteiger partial charge in [-0.15, -0.1) is 0 Å². The number of ether oxygens (including phenoxy) is 2. The van der Waals surface area contributed by atoms with Gasteiger partial charge in [0.1, 0.15) is 12.5 Å². The Hall–Kier alpha value is -1.63. The van der Waals surface area contributed by atoms with E-state index in [2.05, 4.69) is 9.73 Å². The minimum atomic E-state index is -1.26. The minimum absolute atomic E-state index is 0.270. The fourth-order valence-electron chi connectivity index (χ4n) is 1.33. The van der Waals surface area contributed by atoms with E-state index in [9.17, 15) is 14.4 Å². The van der Waals surface area contributed by atoms with Gasteiger partial charge in [-0.2, -0.15) is 0 Å². The van der Waals surface area contributed by atoms with E-state index in [0.29, 0.717) is 0 Å². The largest absolute Gasteiger partial charge is 0.481 e. The van der Waals surface area contributed by atoms with Crippen molar-refractivity contribution in [3.63, 3.8) is 0 Å². The van der Waals surface area contributed by atoms with Crippen LogP contribution < -0.4 is 0 Å². The number of nitrogens with zero attached hydrogens (tertiary/aromatic N) is 1. The smallest absolute Gasteiger partial charge is 0.314 e. The fourth-order valence-corrected chi connectivity index (χ4v) is 1.56. The maximum Gasteiger partial charge on any atom is 0.314 e. The van der Waals surface area contributed by atoms with E-state index in [1.165, 1.54) is 0 Å². The van der Waals surface area contributed by atoms with E-state index < -0.39 is 42.0 Å². The third-order valence-corrected chi connectivity index (χ3v) is 2.49. The second-order valence-corrected chi connectivity index (χ2v) is 4.08. The molecule has 0 radical (unpaired) electrons. The Bertz CT molecular complexity index is 407. The van der Waals surface area contributed by atoms with E-state index in [1.807, 2.05) is 0 Å². The molecule has 1 aliphatic heterocycles. The van der Waals surface area contributed by atoms with Gasteiger partial charge < -0.3 is 14.6 Å². The molecule has 0 saturated heterocycles. The molecule has 1 N–H and O–H groups in total. The molecule has 8 heteroatoms. The third-order valence-electron chi connectivity index (χ3n) is 2.17. The van der Waals surface area contributed by atoms with E-state index in [-0.39, 0.29) is 5.71 Å². The Morgan fingerprint density at radius 1 is 1.39 bits per heavy atom. The lowest BCUT2D eigenvalue weighted by Crippen LogP contribution is -2.39. The van der Waals surface area contributed by atoms with Crippen LogP contribution in [0.3, 0.4) is 0 Å². The van der Waals surface area contributed by atoms with Crippen molar-refractivity contribution < 1.29 is 29.0 Å². The molecule has 0 spiro atoms. The molecule has 0 aromatic rings. The summed E-state index contributed by atoms with van der Waals surface area (Å²) in [5.41, 5.74) is -0.389. The average molecular weight is 278 g/mol. The number of carboxylic acid groups (broad SMARTS) is 1. The van der Waals surface area contributed by atoms with E-state index in [0.717, 1.165) is 13.8 Å². The van der Waals surface area contributed by atoms with Crippen molar-refractivity contribution in [2.75, 3.05) is 6.61 Å². The first kappa shape index (κ1) is 14.4.